The van der Waals surface area contributed by atoms with E-state index in [-0.39, 0.29) is 24.6 Å². The first-order valence-electron chi connectivity index (χ1n) is 5.98. The molecule has 0 aliphatic rings. The molecule has 1 aromatic carbocycles. The second-order valence-electron chi connectivity index (χ2n) is 4.02. The van der Waals surface area contributed by atoms with Crippen LogP contribution < -0.4 is 10.6 Å². The van der Waals surface area contributed by atoms with Crippen molar-refractivity contribution in [2.75, 3.05) is 6.54 Å². The van der Waals surface area contributed by atoms with Crippen LogP contribution in [0.4, 0.5) is 4.39 Å². The molecule has 0 unspecified atom stereocenters. The Hall–Kier alpha value is -2.63. The molecule has 1 heterocycles. The predicted molar refractivity (Wildman–Crippen MR) is 69.3 cm³/mol. The summed E-state index contributed by atoms with van der Waals surface area (Å²) in [6.45, 7) is 0.00920. The van der Waals surface area contributed by atoms with Gasteiger partial charge in [0.05, 0.1) is 24.9 Å². The summed E-state index contributed by atoms with van der Waals surface area (Å²) < 4.78 is 18.4. The van der Waals surface area contributed by atoms with Crippen LogP contribution in [0.15, 0.2) is 47.1 Å². The Kier molecular flexibility index (Phi) is 4.49. The van der Waals surface area contributed by atoms with E-state index in [0.717, 1.165) is 0 Å². The molecule has 2 N–H and O–H groups in total. The lowest BCUT2D eigenvalue weighted by atomic mass is 10.2. The molecule has 2 aromatic rings. The summed E-state index contributed by atoms with van der Waals surface area (Å²) in [5.74, 6) is -1.03. The first kappa shape index (κ1) is 13.8. The Morgan fingerprint density at radius 3 is 2.60 bits per heavy atom. The van der Waals surface area contributed by atoms with Crippen LogP contribution in [0.5, 0.6) is 0 Å². The number of carbonyl (C=O) groups excluding carboxylic acids is 2. The van der Waals surface area contributed by atoms with Gasteiger partial charge in [-0.3, -0.25) is 9.59 Å². The highest BCUT2D eigenvalue weighted by atomic mass is 19.1. The van der Waals surface area contributed by atoms with Gasteiger partial charge in [0.25, 0.3) is 5.91 Å². The molecule has 0 aliphatic carbocycles. The summed E-state index contributed by atoms with van der Waals surface area (Å²) in [6, 6.07) is 9.01. The van der Waals surface area contributed by atoms with Crippen molar-refractivity contribution < 1.29 is 18.4 Å². The van der Waals surface area contributed by atoms with Crippen LogP contribution in [-0.2, 0) is 11.3 Å². The molecule has 20 heavy (non-hydrogen) atoms. The van der Waals surface area contributed by atoms with Crippen LogP contribution in [-0.4, -0.2) is 18.4 Å². The molecule has 0 aliphatic heterocycles. The number of furan rings is 1. The maximum atomic E-state index is 13.3. The molecule has 0 radical (unpaired) electrons. The molecule has 0 fully saturated rings. The number of benzene rings is 1. The number of rotatable bonds is 5. The predicted octanol–water partition coefficient (Wildman–Crippen LogP) is 1.46. The minimum atomic E-state index is -0.628. The number of nitrogens with one attached hydrogen (secondary N) is 2. The van der Waals surface area contributed by atoms with Crippen molar-refractivity contribution >= 4 is 11.8 Å². The third kappa shape index (κ3) is 3.68. The largest absolute Gasteiger partial charge is 0.467 e. The lowest BCUT2D eigenvalue weighted by molar-refractivity contribution is -0.120. The maximum absolute atomic E-state index is 13.3. The van der Waals surface area contributed by atoms with E-state index in [4.69, 9.17) is 4.42 Å². The van der Waals surface area contributed by atoms with Crippen LogP contribution in [0.1, 0.15) is 16.1 Å². The minimum Gasteiger partial charge on any atom is -0.467 e. The van der Waals surface area contributed by atoms with Crippen molar-refractivity contribution in [2.45, 2.75) is 6.54 Å². The van der Waals surface area contributed by atoms with Crippen molar-refractivity contribution in [1.29, 1.82) is 0 Å². The van der Waals surface area contributed by atoms with Gasteiger partial charge in [-0.15, -0.1) is 0 Å². The summed E-state index contributed by atoms with van der Waals surface area (Å²) in [6.07, 6.45) is 1.50. The Labute approximate surface area is 114 Å². The zero-order chi connectivity index (χ0) is 14.4. The van der Waals surface area contributed by atoms with Gasteiger partial charge in [0.15, 0.2) is 0 Å². The third-order valence-electron chi connectivity index (χ3n) is 2.57. The number of halogens is 1. The van der Waals surface area contributed by atoms with E-state index in [1.54, 1.807) is 18.2 Å². The summed E-state index contributed by atoms with van der Waals surface area (Å²) in [4.78, 5) is 23.2. The Balaban J connectivity index is 1.78. The highest BCUT2D eigenvalue weighted by Gasteiger charge is 2.11. The molecular weight excluding hydrogens is 263 g/mol. The zero-order valence-corrected chi connectivity index (χ0v) is 10.6. The first-order valence-corrected chi connectivity index (χ1v) is 5.98. The molecule has 0 bridgehead atoms. The number of carbonyl (C=O) groups is 2. The quantitative estimate of drug-likeness (QED) is 0.868. The van der Waals surface area contributed by atoms with Gasteiger partial charge in [0.1, 0.15) is 11.6 Å². The fourth-order valence-corrected chi connectivity index (χ4v) is 1.56. The molecule has 0 atom stereocenters. The zero-order valence-electron chi connectivity index (χ0n) is 10.6. The molecule has 5 nitrogen and oxygen atoms in total. The van der Waals surface area contributed by atoms with E-state index in [0.29, 0.717) is 5.76 Å². The number of hydrogen-bond acceptors (Lipinski definition) is 3. The van der Waals surface area contributed by atoms with Crippen molar-refractivity contribution in [2.24, 2.45) is 0 Å². The van der Waals surface area contributed by atoms with E-state index in [9.17, 15) is 14.0 Å². The highest BCUT2D eigenvalue weighted by molar-refractivity contribution is 5.96. The summed E-state index contributed by atoms with van der Waals surface area (Å²) in [5, 5.41) is 4.91. The normalized spacial score (nSPS) is 10.1. The van der Waals surface area contributed by atoms with E-state index in [1.165, 1.54) is 24.5 Å². The van der Waals surface area contributed by atoms with Gasteiger partial charge in [-0.25, -0.2) is 4.39 Å². The second kappa shape index (κ2) is 6.51. The van der Waals surface area contributed by atoms with Crippen molar-refractivity contribution in [1.82, 2.24) is 10.6 Å². The number of hydrogen-bond donors (Lipinski definition) is 2. The summed E-state index contributed by atoms with van der Waals surface area (Å²) >= 11 is 0. The van der Waals surface area contributed by atoms with Crippen LogP contribution in [0.2, 0.25) is 0 Å². The molecule has 1 aromatic heterocycles. The van der Waals surface area contributed by atoms with Gasteiger partial charge in [0.2, 0.25) is 5.91 Å². The lowest BCUT2D eigenvalue weighted by Crippen LogP contribution is -2.36. The molecule has 2 rings (SSSR count). The lowest BCUT2D eigenvalue weighted by Gasteiger charge is -2.06. The van der Waals surface area contributed by atoms with E-state index in [2.05, 4.69) is 10.6 Å². The SMILES string of the molecule is O=C(CNC(=O)c1ccccc1F)NCc1ccco1. The van der Waals surface area contributed by atoms with Gasteiger partial charge in [-0.1, -0.05) is 12.1 Å². The standard InChI is InChI=1S/C14H13FN2O3/c15-12-6-2-1-5-11(12)14(19)17-9-13(18)16-8-10-4-3-7-20-10/h1-7H,8-9H2,(H,16,18)(H,17,19). The van der Waals surface area contributed by atoms with Crippen LogP contribution in [0.3, 0.4) is 0 Å². The first-order chi connectivity index (χ1) is 9.66. The Morgan fingerprint density at radius 1 is 1.10 bits per heavy atom. The third-order valence-corrected chi connectivity index (χ3v) is 2.57. The van der Waals surface area contributed by atoms with Gasteiger partial charge < -0.3 is 15.1 Å². The molecule has 6 heteroatoms. The Morgan fingerprint density at radius 2 is 1.90 bits per heavy atom. The van der Waals surface area contributed by atoms with Gasteiger partial charge in [0, 0.05) is 0 Å². The Bertz CT molecular complexity index is 596. The van der Waals surface area contributed by atoms with E-state index < -0.39 is 11.7 Å². The summed E-state index contributed by atoms with van der Waals surface area (Å²) in [5.41, 5.74) is -0.0914. The molecule has 0 saturated heterocycles. The fourth-order valence-electron chi connectivity index (χ4n) is 1.56. The summed E-state index contributed by atoms with van der Waals surface area (Å²) in [7, 11) is 0. The monoisotopic (exact) mass is 276 g/mol. The van der Waals surface area contributed by atoms with Gasteiger partial charge in [-0.05, 0) is 24.3 Å². The van der Waals surface area contributed by atoms with Gasteiger partial charge in [-0.2, -0.15) is 0 Å². The fraction of sp³-hybridized carbons (Fsp3) is 0.143. The minimum absolute atomic E-state index is 0.0914. The molecule has 0 spiro atoms. The molecule has 104 valence electrons. The smallest absolute Gasteiger partial charge is 0.254 e. The molecule has 0 saturated carbocycles. The molecule has 2 amide bonds. The van der Waals surface area contributed by atoms with Crippen LogP contribution in [0, 0.1) is 5.82 Å². The van der Waals surface area contributed by atoms with Crippen molar-refractivity contribution in [3.8, 4) is 0 Å². The topological polar surface area (TPSA) is 71.3 Å². The molecular formula is C14H13FN2O3. The number of amides is 2. The van der Waals surface area contributed by atoms with Crippen LogP contribution in [0.25, 0.3) is 0 Å². The van der Waals surface area contributed by atoms with E-state index >= 15 is 0 Å². The van der Waals surface area contributed by atoms with Gasteiger partial charge >= 0.3 is 0 Å². The average Bonchev–Trinajstić information content (AvgIpc) is 2.96. The van der Waals surface area contributed by atoms with Crippen molar-refractivity contribution in [3.63, 3.8) is 0 Å². The maximum Gasteiger partial charge on any atom is 0.254 e. The van der Waals surface area contributed by atoms with Crippen LogP contribution >= 0.6 is 0 Å². The second-order valence-corrected chi connectivity index (χ2v) is 4.02. The highest BCUT2D eigenvalue weighted by Crippen LogP contribution is 2.05. The average molecular weight is 276 g/mol. The van der Waals surface area contributed by atoms with E-state index in [1.807, 2.05) is 0 Å². The van der Waals surface area contributed by atoms with Crippen molar-refractivity contribution in [3.05, 3.63) is 59.8 Å².